The quantitative estimate of drug-likeness (QED) is 0.410. The highest BCUT2D eigenvalue weighted by atomic mass is 19.4. The number of amides is 1. The number of anilines is 1. The van der Waals surface area contributed by atoms with Crippen LogP contribution in [-0.2, 0) is 18.5 Å². The normalized spacial score (nSPS) is 19.7. The number of nitrogens with zero attached hydrogens (tertiary/aromatic N) is 1. The Hall–Kier alpha value is -2.96. The minimum absolute atomic E-state index is 0.0878. The third kappa shape index (κ3) is 5.40. The first kappa shape index (κ1) is 27.6. The SMILES string of the molecule is CC[C@@H]1C[C@@H]([C@@H](CO)c2cc(C(F)(F)F)cc(C(F)(F)F)c2)c2cc(C(F)(F)F)ccc2N1C(=O)O. The van der Waals surface area contributed by atoms with Crippen LogP contribution in [0.5, 0.6) is 0 Å². The molecule has 0 saturated heterocycles. The van der Waals surface area contributed by atoms with Gasteiger partial charge in [0.05, 0.1) is 29.0 Å². The molecule has 0 bridgehead atoms. The number of benzene rings is 2. The van der Waals surface area contributed by atoms with Crippen LogP contribution in [0.2, 0.25) is 0 Å². The number of aliphatic hydroxyl groups is 1. The van der Waals surface area contributed by atoms with Gasteiger partial charge < -0.3 is 10.2 Å². The van der Waals surface area contributed by atoms with E-state index in [1.54, 1.807) is 6.92 Å². The van der Waals surface area contributed by atoms with Crippen LogP contribution in [0.4, 0.5) is 50.0 Å². The average molecular weight is 529 g/mol. The van der Waals surface area contributed by atoms with Crippen molar-refractivity contribution in [3.63, 3.8) is 0 Å². The summed E-state index contributed by atoms with van der Waals surface area (Å²) in [6, 6.07) is 2.09. The van der Waals surface area contributed by atoms with Crippen molar-refractivity contribution in [2.45, 2.75) is 56.2 Å². The van der Waals surface area contributed by atoms with E-state index >= 15 is 0 Å². The molecule has 4 nitrogen and oxygen atoms in total. The fourth-order valence-corrected chi connectivity index (χ4v) is 4.62. The lowest BCUT2D eigenvalue weighted by atomic mass is 9.73. The summed E-state index contributed by atoms with van der Waals surface area (Å²) in [4.78, 5) is 12.7. The van der Waals surface area contributed by atoms with E-state index in [0.717, 1.165) is 11.0 Å². The van der Waals surface area contributed by atoms with Crippen LogP contribution >= 0.6 is 0 Å². The van der Waals surface area contributed by atoms with Crippen molar-refractivity contribution < 1.29 is 54.5 Å². The lowest BCUT2D eigenvalue weighted by Gasteiger charge is -2.42. The molecule has 3 atom stereocenters. The molecule has 2 N–H and O–H groups in total. The van der Waals surface area contributed by atoms with Gasteiger partial charge in [-0.3, -0.25) is 4.90 Å². The molecule has 0 radical (unpaired) electrons. The molecule has 1 aliphatic rings. The number of hydrogen-bond acceptors (Lipinski definition) is 2. The van der Waals surface area contributed by atoms with Crippen molar-refractivity contribution in [2.75, 3.05) is 11.5 Å². The van der Waals surface area contributed by atoms with Gasteiger partial charge in [-0.15, -0.1) is 0 Å². The summed E-state index contributed by atoms with van der Waals surface area (Å²) in [7, 11) is 0. The number of fused-ring (bicyclic) bond motifs is 1. The molecule has 1 amide bonds. The number of carbonyl (C=O) groups is 1. The van der Waals surface area contributed by atoms with Crippen LogP contribution in [0.25, 0.3) is 0 Å². The lowest BCUT2D eigenvalue weighted by Crippen LogP contribution is -2.45. The Balaban J connectivity index is 2.27. The Labute approximate surface area is 198 Å². The first-order valence-corrected chi connectivity index (χ1v) is 10.6. The zero-order valence-corrected chi connectivity index (χ0v) is 18.5. The highest BCUT2D eigenvalue weighted by molar-refractivity contribution is 5.89. The summed E-state index contributed by atoms with van der Waals surface area (Å²) >= 11 is 0. The number of hydrogen-bond donors (Lipinski definition) is 2. The Morgan fingerprint density at radius 3 is 1.86 bits per heavy atom. The second-order valence-electron chi connectivity index (χ2n) is 8.46. The fraction of sp³-hybridized carbons (Fsp3) is 0.435. The minimum Gasteiger partial charge on any atom is -0.465 e. The van der Waals surface area contributed by atoms with Crippen LogP contribution in [0.3, 0.4) is 0 Å². The Bertz CT molecular complexity index is 1090. The first-order valence-electron chi connectivity index (χ1n) is 10.6. The van der Waals surface area contributed by atoms with Crippen LogP contribution in [0.1, 0.15) is 59.4 Å². The van der Waals surface area contributed by atoms with Crippen LogP contribution < -0.4 is 4.90 Å². The summed E-state index contributed by atoms with van der Waals surface area (Å²) in [5, 5.41) is 19.8. The zero-order chi connectivity index (χ0) is 27.2. The maximum absolute atomic E-state index is 13.4. The summed E-state index contributed by atoms with van der Waals surface area (Å²) in [6.45, 7) is 0.579. The van der Waals surface area contributed by atoms with Gasteiger partial charge in [-0.1, -0.05) is 6.92 Å². The average Bonchev–Trinajstić information content (AvgIpc) is 2.76. The topological polar surface area (TPSA) is 60.8 Å². The molecule has 0 aliphatic carbocycles. The number of halogens is 9. The maximum atomic E-state index is 13.4. The molecule has 3 rings (SSSR count). The molecule has 2 aromatic rings. The van der Waals surface area contributed by atoms with Crippen LogP contribution in [0.15, 0.2) is 36.4 Å². The lowest BCUT2D eigenvalue weighted by molar-refractivity contribution is -0.143. The molecule has 1 aliphatic heterocycles. The van der Waals surface area contributed by atoms with E-state index in [-0.39, 0.29) is 30.2 Å². The first-order chi connectivity index (χ1) is 16.5. The molecular weight excluding hydrogens is 509 g/mol. The molecule has 1 heterocycles. The van der Waals surface area contributed by atoms with Crippen LogP contribution in [-0.4, -0.2) is 29.0 Å². The summed E-state index contributed by atoms with van der Waals surface area (Å²) in [6.07, 6.45) is -16.8. The molecule has 2 aromatic carbocycles. The van der Waals surface area contributed by atoms with E-state index < -0.39 is 71.4 Å². The van der Waals surface area contributed by atoms with Gasteiger partial charge in [0.25, 0.3) is 0 Å². The third-order valence-electron chi connectivity index (χ3n) is 6.30. The number of aliphatic hydroxyl groups excluding tert-OH is 1. The molecular formula is C23H20F9NO3. The van der Waals surface area contributed by atoms with E-state index in [2.05, 4.69) is 0 Å². The highest BCUT2D eigenvalue weighted by Gasteiger charge is 2.43. The summed E-state index contributed by atoms with van der Waals surface area (Å²) in [5.41, 5.74) is -5.45. The Morgan fingerprint density at radius 2 is 1.44 bits per heavy atom. The number of carboxylic acid groups (broad SMARTS) is 1. The predicted molar refractivity (Wildman–Crippen MR) is 110 cm³/mol. The van der Waals surface area contributed by atoms with Gasteiger partial charge in [0.2, 0.25) is 0 Å². The molecule has 0 unspecified atom stereocenters. The van der Waals surface area contributed by atoms with Crippen LogP contribution in [0, 0.1) is 0 Å². The van der Waals surface area contributed by atoms with Gasteiger partial charge in [-0.25, -0.2) is 4.79 Å². The van der Waals surface area contributed by atoms with Crippen molar-refractivity contribution >= 4 is 11.8 Å². The monoisotopic (exact) mass is 529 g/mol. The van der Waals surface area contributed by atoms with Crippen molar-refractivity contribution in [3.8, 4) is 0 Å². The number of alkyl halides is 9. The van der Waals surface area contributed by atoms with E-state index in [0.29, 0.717) is 24.3 Å². The van der Waals surface area contributed by atoms with E-state index in [1.165, 1.54) is 0 Å². The summed E-state index contributed by atoms with van der Waals surface area (Å²) < 4.78 is 121. The van der Waals surface area contributed by atoms with Gasteiger partial charge in [-0.05, 0) is 66.3 Å². The standard InChI is InChI=1S/C23H20F9NO3/c1-2-15-9-16(17-8-12(21(24,25)26)3-4-19(17)33(15)20(35)36)18(10-34)11-5-13(22(27,28)29)7-14(6-11)23(30,31)32/h3-8,15-16,18,34H,2,9-10H2,1H3,(H,35,36)/t15-,16-,18+/m1/s1. The second kappa shape index (κ2) is 9.49. The van der Waals surface area contributed by atoms with Crippen molar-refractivity contribution in [3.05, 3.63) is 64.2 Å². The molecule has 198 valence electrons. The van der Waals surface area contributed by atoms with Crippen molar-refractivity contribution in [1.82, 2.24) is 0 Å². The zero-order valence-electron chi connectivity index (χ0n) is 18.5. The maximum Gasteiger partial charge on any atom is 0.416 e. The second-order valence-corrected chi connectivity index (χ2v) is 8.46. The molecule has 0 aromatic heterocycles. The molecule has 0 spiro atoms. The number of rotatable bonds is 4. The van der Waals surface area contributed by atoms with Crippen molar-refractivity contribution in [1.29, 1.82) is 0 Å². The van der Waals surface area contributed by atoms with E-state index in [1.807, 2.05) is 0 Å². The predicted octanol–water partition coefficient (Wildman–Crippen LogP) is 7.27. The Kier molecular flexibility index (Phi) is 7.28. The smallest absolute Gasteiger partial charge is 0.416 e. The molecule has 13 heteroatoms. The van der Waals surface area contributed by atoms with Gasteiger partial charge in [0, 0.05) is 12.0 Å². The summed E-state index contributed by atoms with van der Waals surface area (Å²) in [5.74, 6) is -2.70. The van der Waals surface area contributed by atoms with Gasteiger partial charge >= 0.3 is 24.6 Å². The Morgan fingerprint density at radius 1 is 0.917 bits per heavy atom. The van der Waals surface area contributed by atoms with Gasteiger partial charge in [0.15, 0.2) is 0 Å². The highest BCUT2D eigenvalue weighted by Crippen LogP contribution is 2.49. The van der Waals surface area contributed by atoms with E-state index in [4.69, 9.17) is 0 Å². The van der Waals surface area contributed by atoms with Gasteiger partial charge in [0.1, 0.15) is 0 Å². The van der Waals surface area contributed by atoms with Crippen molar-refractivity contribution in [2.24, 2.45) is 0 Å². The largest absolute Gasteiger partial charge is 0.465 e. The third-order valence-corrected chi connectivity index (χ3v) is 6.30. The fourth-order valence-electron chi connectivity index (χ4n) is 4.62. The molecule has 36 heavy (non-hydrogen) atoms. The molecule has 0 saturated carbocycles. The van der Waals surface area contributed by atoms with Gasteiger partial charge in [-0.2, -0.15) is 39.5 Å². The van der Waals surface area contributed by atoms with E-state index in [9.17, 15) is 54.5 Å². The minimum atomic E-state index is -5.17. The molecule has 0 fully saturated rings.